The summed E-state index contributed by atoms with van der Waals surface area (Å²) in [6.45, 7) is 0.617. The minimum absolute atomic E-state index is 0.0654. The zero-order valence-electron chi connectivity index (χ0n) is 48.5. The molecule has 4 amide bonds. The standard InChI is InChI=1S/2C30H24N10O7/c31-21-22(24(42)23(21)41)32-11-13-2-1-3-14(8-13)12-33-27(44)20-10-19(35-28-37-38-29(45)40(20)28)26(43)34-18-7-5-15-9-16(4-6-17(15)18)25-36-30(46)47-39-25;31-21-22(24(42)23(21)41)32-11-13-2-1-3-14(8-13)12-33-26(43)19-10-20(40-28(35-19)37-38-29(40)45)27(44)34-18-7-5-15-9-16(4-6-17(15)18)25-36-30(46)47-39-25/h1-4,6,8-10,18,32H,5,7,11-12,31H2,(H,33,44)(H,34,43)(H,38,45)(H,36,39,46);1-4,6,8-10,18,32H,5,7,11-12,31H2,(H,33,43)(H,34,44)(H,38,45)(H,36,39,46)/t2*18-/m00/s1. The van der Waals surface area contributed by atoms with Gasteiger partial charge in [-0.05, 0) is 94.5 Å². The van der Waals surface area contributed by atoms with Crippen molar-refractivity contribution in [2.45, 2.75) is 63.9 Å². The number of nitrogens with two attached hydrogens (primary N) is 2. The first-order chi connectivity index (χ1) is 45.3. The molecule has 0 saturated carbocycles. The van der Waals surface area contributed by atoms with E-state index < -0.39 is 68.2 Å². The fourth-order valence-electron chi connectivity index (χ4n) is 11.2. The monoisotopic (exact) mass is 1270 g/mol. The van der Waals surface area contributed by atoms with Crippen molar-refractivity contribution < 1.29 is 28.2 Å². The summed E-state index contributed by atoms with van der Waals surface area (Å²) < 4.78 is 11.1. The molecule has 6 aromatic heterocycles. The van der Waals surface area contributed by atoms with E-state index in [9.17, 15) is 57.5 Å². The number of anilines is 4. The van der Waals surface area contributed by atoms with Crippen LogP contribution in [0.25, 0.3) is 34.3 Å². The Morgan fingerprint density at radius 1 is 0.500 bits per heavy atom. The lowest BCUT2D eigenvalue weighted by atomic mass is 10.0. The second-order valence-electron chi connectivity index (χ2n) is 21.8. The first-order valence-corrected chi connectivity index (χ1v) is 28.7. The van der Waals surface area contributed by atoms with Crippen LogP contribution in [-0.4, -0.2) is 83.1 Å². The molecule has 6 heterocycles. The highest BCUT2D eigenvalue weighted by molar-refractivity contribution is 5.99. The van der Waals surface area contributed by atoms with Gasteiger partial charge < -0.3 is 43.4 Å². The Bertz CT molecular complexity index is 5490. The maximum absolute atomic E-state index is 13.6. The summed E-state index contributed by atoms with van der Waals surface area (Å²) in [6, 6.07) is 26.9. The average molecular weight is 1270 g/mol. The molecule has 472 valence electrons. The van der Waals surface area contributed by atoms with Gasteiger partial charge in [0.15, 0.2) is 11.6 Å². The molecule has 14 rings (SSSR count). The smallest absolute Gasteiger partial charge is 0.394 e. The van der Waals surface area contributed by atoms with Gasteiger partial charge in [0.1, 0.15) is 45.5 Å². The van der Waals surface area contributed by atoms with Crippen molar-refractivity contribution in [1.82, 2.24) is 80.7 Å². The van der Waals surface area contributed by atoms with E-state index in [1.54, 1.807) is 60.7 Å². The summed E-state index contributed by atoms with van der Waals surface area (Å²) in [6.07, 6.45) is 2.48. The van der Waals surface area contributed by atoms with Crippen LogP contribution in [0.3, 0.4) is 0 Å². The van der Waals surface area contributed by atoms with Crippen LogP contribution in [0.1, 0.15) is 111 Å². The van der Waals surface area contributed by atoms with Crippen molar-refractivity contribution in [3.05, 3.63) is 247 Å². The molecule has 0 saturated heterocycles. The largest absolute Gasteiger partial charge is 0.439 e. The first-order valence-electron chi connectivity index (χ1n) is 28.7. The van der Waals surface area contributed by atoms with Crippen LogP contribution in [0, 0.1) is 0 Å². The van der Waals surface area contributed by atoms with E-state index in [1.165, 1.54) is 12.1 Å². The zero-order valence-corrected chi connectivity index (χ0v) is 48.5. The van der Waals surface area contributed by atoms with Gasteiger partial charge in [-0.2, -0.15) is 0 Å². The molecular weight excluding hydrogens is 1220 g/mol. The number of nitrogens with zero attached hydrogens (tertiary/aromatic N) is 8. The van der Waals surface area contributed by atoms with E-state index in [0.29, 0.717) is 54.0 Å². The van der Waals surface area contributed by atoms with E-state index in [1.807, 2.05) is 24.3 Å². The van der Waals surface area contributed by atoms with Crippen LogP contribution >= 0.6 is 0 Å². The van der Waals surface area contributed by atoms with Gasteiger partial charge in [-0.15, -0.1) is 10.2 Å². The zero-order chi connectivity index (χ0) is 65.6. The van der Waals surface area contributed by atoms with Crippen molar-refractivity contribution in [2.24, 2.45) is 0 Å². The highest BCUT2D eigenvalue weighted by Gasteiger charge is 2.30. The quantitative estimate of drug-likeness (QED) is 0.0495. The Morgan fingerprint density at radius 3 is 1.37 bits per heavy atom. The third-order valence-electron chi connectivity index (χ3n) is 15.9. The van der Waals surface area contributed by atoms with Gasteiger partial charge in [0, 0.05) is 37.3 Å². The van der Waals surface area contributed by atoms with Crippen molar-refractivity contribution >= 4 is 57.9 Å². The molecule has 14 N–H and O–H groups in total. The lowest BCUT2D eigenvalue weighted by molar-refractivity contribution is 0.0918. The lowest BCUT2D eigenvalue weighted by Gasteiger charge is -2.15. The molecule has 94 heavy (non-hydrogen) atoms. The number of carbonyl (C=O) groups excluding carboxylic acids is 4. The number of H-pyrrole nitrogens is 4. The van der Waals surface area contributed by atoms with Gasteiger partial charge in [0.2, 0.25) is 0 Å². The summed E-state index contributed by atoms with van der Waals surface area (Å²) in [5.74, 6) is -3.48. The molecule has 34 heteroatoms. The fourth-order valence-corrected chi connectivity index (χ4v) is 11.2. The van der Waals surface area contributed by atoms with Gasteiger partial charge in [0.25, 0.3) is 56.9 Å². The van der Waals surface area contributed by atoms with Crippen molar-refractivity contribution in [3.63, 3.8) is 0 Å². The second-order valence-corrected chi connectivity index (χ2v) is 21.8. The van der Waals surface area contributed by atoms with E-state index in [4.69, 9.17) is 11.5 Å². The molecule has 0 unspecified atom stereocenters. The summed E-state index contributed by atoms with van der Waals surface area (Å²) >= 11 is 0. The van der Waals surface area contributed by atoms with Crippen LogP contribution in [0.2, 0.25) is 0 Å². The summed E-state index contributed by atoms with van der Waals surface area (Å²) in [4.78, 5) is 161. The molecule has 6 aromatic carbocycles. The predicted octanol–water partition coefficient (Wildman–Crippen LogP) is -0.203. The molecule has 2 aliphatic carbocycles. The molecule has 0 bridgehead atoms. The minimum Gasteiger partial charge on any atom is -0.394 e. The number of nitrogens with one attached hydrogen (secondary N) is 10. The molecule has 34 nitrogen and oxygen atoms in total. The second kappa shape index (κ2) is 24.2. The molecule has 12 aromatic rings. The van der Waals surface area contributed by atoms with Gasteiger partial charge in [-0.25, -0.2) is 48.1 Å². The highest BCUT2D eigenvalue weighted by Crippen LogP contribution is 2.35. The number of nitrogen functional groups attached to an aromatic ring is 2. The lowest BCUT2D eigenvalue weighted by Crippen LogP contribution is -2.36. The maximum atomic E-state index is 13.6. The molecule has 0 aliphatic heterocycles. The van der Waals surface area contributed by atoms with Gasteiger partial charge in [-0.3, -0.25) is 57.4 Å². The Hall–Kier alpha value is -13.3. The minimum atomic E-state index is -0.714. The number of benzene rings is 4. The van der Waals surface area contributed by atoms with Crippen LogP contribution in [0.5, 0.6) is 0 Å². The Kier molecular flexibility index (Phi) is 15.4. The molecule has 2 atom stereocenters. The number of fused-ring (bicyclic) bond motifs is 4. The van der Waals surface area contributed by atoms with Gasteiger partial charge in [-0.1, -0.05) is 83.1 Å². The van der Waals surface area contributed by atoms with Crippen LogP contribution in [-0.2, 0) is 39.0 Å². The third-order valence-corrected chi connectivity index (χ3v) is 15.9. The topological polar surface area (TPSA) is 505 Å². The number of amides is 4. The fraction of sp³-hybridized carbons (Fsp3) is 0.167. The maximum Gasteiger partial charge on any atom is 0.439 e. The number of carbonyl (C=O) groups is 4. The SMILES string of the molecule is Nc1c(NCc2cccc(CNC(=O)c3cc(C(=O)N[C@H]4CCc5cc(-c6noc(=O)[nH]6)ccc54)n4c(=O)[nH]nc4n3)c2)c(=O)c1=O.Nc1c(NCc2cccc(CNC(=O)c3cc(C(=O)N[C@H]4CCc5cc(-c6noc(=O)[nH]6)ccc54)nc4n[nH]c(=O)n34)c2)c(=O)c1=O. The van der Waals surface area contributed by atoms with Gasteiger partial charge in [0.05, 0.1) is 12.1 Å². The summed E-state index contributed by atoms with van der Waals surface area (Å²) in [7, 11) is 0. The average Bonchev–Trinajstić information content (AvgIpc) is 1.39. The normalized spacial score (nSPS) is 13.9. The van der Waals surface area contributed by atoms with Crippen LogP contribution in [0.4, 0.5) is 22.7 Å². The van der Waals surface area contributed by atoms with Crippen LogP contribution in [0.15, 0.2) is 144 Å². The van der Waals surface area contributed by atoms with E-state index in [2.05, 4.69) is 91.6 Å². The van der Waals surface area contributed by atoms with Gasteiger partial charge >= 0.3 is 22.9 Å². The van der Waals surface area contributed by atoms with E-state index >= 15 is 0 Å². The van der Waals surface area contributed by atoms with E-state index in [0.717, 1.165) is 47.7 Å². The highest BCUT2D eigenvalue weighted by atomic mass is 16.5. The Morgan fingerprint density at radius 2 is 0.926 bits per heavy atom. The number of rotatable bonds is 18. The van der Waals surface area contributed by atoms with Crippen LogP contribution < -0.4 is 88.0 Å². The predicted molar refractivity (Wildman–Crippen MR) is 331 cm³/mol. The molecular formula is C60H48N20O14. The van der Waals surface area contributed by atoms with E-state index in [-0.39, 0.29) is 95.3 Å². The van der Waals surface area contributed by atoms with Crippen molar-refractivity contribution in [3.8, 4) is 22.8 Å². The molecule has 0 radical (unpaired) electrons. The number of hydrogen-bond acceptors (Lipinski definition) is 24. The Balaban J connectivity index is 0.000000171. The van der Waals surface area contributed by atoms with Crippen molar-refractivity contribution in [2.75, 3.05) is 22.1 Å². The number of aryl methyl sites for hydroxylation is 2. The number of aromatic amines is 4. The molecule has 2 aliphatic rings. The van der Waals surface area contributed by atoms with Crippen molar-refractivity contribution in [1.29, 1.82) is 0 Å². The molecule has 0 spiro atoms. The first kappa shape index (κ1) is 59.7. The number of aromatic nitrogens is 12. The molecule has 0 fully saturated rings. The summed E-state index contributed by atoms with van der Waals surface area (Å²) in [5.41, 5.74) is 14.4. The summed E-state index contributed by atoms with van der Waals surface area (Å²) in [5, 5.41) is 36.7. The number of hydrogen-bond donors (Lipinski definition) is 12. The third kappa shape index (κ3) is 11.6. The Labute approximate surface area is 521 Å².